The van der Waals surface area contributed by atoms with Crippen LogP contribution in [0.15, 0.2) is 63.1 Å². The van der Waals surface area contributed by atoms with Gasteiger partial charge >= 0.3 is 0 Å². The van der Waals surface area contributed by atoms with E-state index in [0.717, 1.165) is 15.7 Å². The number of nitrogens with zero attached hydrogens (tertiary/aromatic N) is 6. The zero-order valence-corrected chi connectivity index (χ0v) is 16.1. The molecule has 0 N–H and O–H groups in total. The minimum absolute atomic E-state index is 0.120. The van der Waals surface area contributed by atoms with Crippen LogP contribution in [0, 0.1) is 6.92 Å². The number of para-hydroxylation sites is 1. The zero-order valence-electron chi connectivity index (χ0n) is 13.7. The third-order valence-electron chi connectivity index (χ3n) is 3.81. The van der Waals surface area contributed by atoms with Gasteiger partial charge in [0.15, 0.2) is 0 Å². The van der Waals surface area contributed by atoms with Crippen molar-refractivity contribution in [3.8, 4) is 5.69 Å². The number of benzene rings is 1. The SMILES string of the molecule is Cc1ccccc1-n1nnnc1SCc1cc(=O)n2cc(Br)ccc2n1. The second-order valence-electron chi connectivity index (χ2n) is 5.61. The molecule has 0 aliphatic heterocycles. The van der Waals surface area contributed by atoms with E-state index in [9.17, 15) is 4.79 Å². The second-order valence-corrected chi connectivity index (χ2v) is 7.47. The fourth-order valence-corrected chi connectivity index (χ4v) is 3.67. The molecule has 4 rings (SSSR count). The van der Waals surface area contributed by atoms with Crippen LogP contribution in [0.25, 0.3) is 11.3 Å². The number of rotatable bonds is 4. The fourth-order valence-electron chi connectivity index (χ4n) is 2.56. The van der Waals surface area contributed by atoms with E-state index >= 15 is 0 Å². The molecule has 1 aromatic carbocycles. The summed E-state index contributed by atoms with van der Waals surface area (Å²) in [5.41, 5.74) is 3.17. The van der Waals surface area contributed by atoms with Crippen molar-refractivity contribution in [2.24, 2.45) is 0 Å². The topological polar surface area (TPSA) is 78.0 Å². The van der Waals surface area contributed by atoms with E-state index in [1.54, 1.807) is 16.9 Å². The van der Waals surface area contributed by atoms with Crippen LogP contribution in [0.3, 0.4) is 0 Å². The maximum atomic E-state index is 12.3. The summed E-state index contributed by atoms with van der Waals surface area (Å²) in [6.45, 7) is 2.01. The van der Waals surface area contributed by atoms with Crippen LogP contribution in [-0.2, 0) is 5.75 Å². The molecule has 0 atom stereocenters. The Labute approximate surface area is 161 Å². The van der Waals surface area contributed by atoms with Crippen LogP contribution in [0.4, 0.5) is 0 Å². The van der Waals surface area contributed by atoms with Crippen molar-refractivity contribution in [1.29, 1.82) is 0 Å². The Morgan fingerprint density at radius 3 is 2.88 bits per heavy atom. The number of pyridine rings is 1. The summed E-state index contributed by atoms with van der Waals surface area (Å²) < 4.78 is 4.04. The summed E-state index contributed by atoms with van der Waals surface area (Å²) in [7, 11) is 0. The fraction of sp³-hybridized carbons (Fsp3) is 0.118. The molecule has 0 aliphatic rings. The van der Waals surface area contributed by atoms with Gasteiger partial charge in [0.2, 0.25) is 5.16 Å². The molecule has 0 unspecified atom stereocenters. The Morgan fingerprint density at radius 2 is 2.04 bits per heavy atom. The van der Waals surface area contributed by atoms with Gasteiger partial charge in [-0.2, -0.15) is 4.68 Å². The van der Waals surface area contributed by atoms with Crippen molar-refractivity contribution in [2.45, 2.75) is 17.8 Å². The van der Waals surface area contributed by atoms with Gasteiger partial charge in [0, 0.05) is 22.5 Å². The lowest BCUT2D eigenvalue weighted by Crippen LogP contribution is -2.15. The highest BCUT2D eigenvalue weighted by Gasteiger charge is 2.12. The van der Waals surface area contributed by atoms with E-state index in [4.69, 9.17) is 0 Å². The number of fused-ring (bicyclic) bond motifs is 1. The largest absolute Gasteiger partial charge is 0.269 e. The van der Waals surface area contributed by atoms with Gasteiger partial charge in [-0.15, -0.1) is 5.10 Å². The molecule has 3 aromatic heterocycles. The predicted octanol–water partition coefficient (Wildman–Crippen LogP) is 3.03. The van der Waals surface area contributed by atoms with E-state index in [-0.39, 0.29) is 5.56 Å². The Kier molecular flexibility index (Phi) is 4.56. The number of tetrazole rings is 1. The quantitative estimate of drug-likeness (QED) is 0.464. The highest BCUT2D eigenvalue weighted by Crippen LogP contribution is 2.23. The van der Waals surface area contributed by atoms with Gasteiger partial charge in [0.05, 0.1) is 11.4 Å². The third-order valence-corrected chi connectivity index (χ3v) is 5.23. The molecule has 0 saturated carbocycles. The molecule has 130 valence electrons. The summed E-state index contributed by atoms with van der Waals surface area (Å²) >= 11 is 4.80. The number of halogens is 1. The number of thioether (sulfide) groups is 1. The van der Waals surface area contributed by atoms with Gasteiger partial charge in [-0.25, -0.2) is 4.98 Å². The van der Waals surface area contributed by atoms with Crippen molar-refractivity contribution < 1.29 is 0 Å². The molecule has 9 heteroatoms. The molecule has 0 spiro atoms. The van der Waals surface area contributed by atoms with Gasteiger partial charge in [0.1, 0.15) is 5.65 Å². The lowest BCUT2D eigenvalue weighted by Gasteiger charge is -2.07. The Hall–Kier alpha value is -2.52. The number of hydrogen-bond donors (Lipinski definition) is 0. The Morgan fingerprint density at radius 1 is 1.19 bits per heavy atom. The summed E-state index contributed by atoms with van der Waals surface area (Å²) in [6.07, 6.45) is 1.71. The van der Waals surface area contributed by atoms with Gasteiger partial charge in [-0.1, -0.05) is 30.0 Å². The molecule has 3 heterocycles. The maximum Gasteiger partial charge on any atom is 0.258 e. The maximum absolute atomic E-state index is 12.3. The number of hydrogen-bond acceptors (Lipinski definition) is 6. The van der Waals surface area contributed by atoms with E-state index in [1.807, 2.05) is 37.3 Å². The lowest BCUT2D eigenvalue weighted by molar-refractivity contribution is 0.752. The lowest BCUT2D eigenvalue weighted by atomic mass is 10.2. The molecule has 0 aliphatic carbocycles. The van der Waals surface area contributed by atoms with Crippen molar-refractivity contribution in [3.05, 3.63) is 74.7 Å². The molecule has 4 aromatic rings. The first-order valence-corrected chi connectivity index (χ1v) is 9.55. The van der Waals surface area contributed by atoms with Crippen molar-refractivity contribution >= 4 is 33.3 Å². The van der Waals surface area contributed by atoms with Crippen molar-refractivity contribution in [3.63, 3.8) is 0 Å². The molecule has 7 nitrogen and oxygen atoms in total. The molecular formula is C17H13BrN6OS. The van der Waals surface area contributed by atoms with Gasteiger partial charge < -0.3 is 0 Å². The first-order valence-electron chi connectivity index (χ1n) is 7.77. The van der Waals surface area contributed by atoms with E-state index in [1.165, 1.54) is 22.2 Å². The Balaban J connectivity index is 1.62. The monoisotopic (exact) mass is 428 g/mol. The summed E-state index contributed by atoms with van der Waals surface area (Å²) in [5.74, 6) is 0.494. The van der Waals surface area contributed by atoms with Crippen molar-refractivity contribution in [2.75, 3.05) is 0 Å². The van der Waals surface area contributed by atoms with Crippen LogP contribution in [-0.4, -0.2) is 29.6 Å². The minimum Gasteiger partial charge on any atom is -0.269 e. The normalized spacial score (nSPS) is 11.2. The first-order chi connectivity index (χ1) is 12.6. The molecule has 0 radical (unpaired) electrons. The summed E-state index contributed by atoms with van der Waals surface area (Å²) in [4.78, 5) is 16.8. The van der Waals surface area contributed by atoms with Crippen LogP contribution in [0.5, 0.6) is 0 Å². The second kappa shape index (κ2) is 7.00. The Bertz CT molecular complexity index is 1160. The van der Waals surface area contributed by atoms with Gasteiger partial charge in [-0.05, 0) is 57.0 Å². The van der Waals surface area contributed by atoms with E-state index < -0.39 is 0 Å². The predicted molar refractivity (Wildman–Crippen MR) is 103 cm³/mol. The third kappa shape index (κ3) is 3.27. The number of aryl methyl sites for hydroxylation is 1. The smallest absolute Gasteiger partial charge is 0.258 e. The van der Waals surface area contributed by atoms with Crippen LogP contribution < -0.4 is 5.56 Å². The average molecular weight is 429 g/mol. The summed E-state index contributed by atoms with van der Waals surface area (Å²) in [6, 6.07) is 13.1. The molecule has 26 heavy (non-hydrogen) atoms. The zero-order chi connectivity index (χ0) is 18.1. The molecule has 0 fully saturated rings. The van der Waals surface area contributed by atoms with Crippen LogP contribution >= 0.6 is 27.7 Å². The standard InChI is InChI=1S/C17H13BrN6OS/c1-11-4-2-3-5-14(11)24-17(20-21-22-24)26-10-13-8-16(25)23-9-12(18)6-7-15(23)19-13/h2-9H,10H2,1H3. The highest BCUT2D eigenvalue weighted by molar-refractivity contribution is 9.10. The van der Waals surface area contributed by atoms with E-state index in [0.29, 0.717) is 22.3 Å². The first kappa shape index (κ1) is 16.9. The van der Waals surface area contributed by atoms with Gasteiger partial charge in [0.25, 0.3) is 5.56 Å². The minimum atomic E-state index is -0.120. The summed E-state index contributed by atoms with van der Waals surface area (Å²) in [5, 5.41) is 12.6. The molecular weight excluding hydrogens is 416 g/mol. The highest BCUT2D eigenvalue weighted by atomic mass is 79.9. The van der Waals surface area contributed by atoms with Crippen LogP contribution in [0.1, 0.15) is 11.3 Å². The van der Waals surface area contributed by atoms with Crippen molar-refractivity contribution in [1.82, 2.24) is 29.6 Å². The van der Waals surface area contributed by atoms with Gasteiger partial charge in [-0.3, -0.25) is 9.20 Å². The number of aromatic nitrogens is 6. The van der Waals surface area contributed by atoms with E-state index in [2.05, 4.69) is 36.4 Å². The average Bonchev–Trinajstić information content (AvgIpc) is 3.09. The molecule has 0 amide bonds. The molecule has 0 bridgehead atoms. The molecule has 0 saturated heterocycles. The van der Waals surface area contributed by atoms with Crippen LogP contribution in [0.2, 0.25) is 0 Å².